The fourth-order valence-corrected chi connectivity index (χ4v) is 5.38. The Bertz CT molecular complexity index is 939. The lowest BCUT2D eigenvalue weighted by molar-refractivity contribution is -0.122. The van der Waals surface area contributed by atoms with Gasteiger partial charge in [0.25, 0.3) is 5.91 Å². The van der Waals surface area contributed by atoms with Crippen LogP contribution in [0.25, 0.3) is 0 Å². The summed E-state index contributed by atoms with van der Waals surface area (Å²) in [5.41, 5.74) is 0.177. The Balaban J connectivity index is 1.40. The number of nitrogens with zero attached hydrogens (tertiary/aromatic N) is 3. The largest absolute Gasteiger partial charge is 0.379 e. The maximum Gasteiger partial charge on any atom is 0.255 e. The Morgan fingerprint density at radius 2 is 1.74 bits per heavy atom. The average molecular weight is 471 g/mol. The summed E-state index contributed by atoms with van der Waals surface area (Å²) in [6.45, 7) is 3.64. The molecule has 2 amide bonds. The molecule has 0 spiro atoms. The zero-order valence-electron chi connectivity index (χ0n) is 17.3. The highest BCUT2D eigenvalue weighted by atomic mass is 35.5. The zero-order chi connectivity index (χ0) is 22.0. The number of hydrogen-bond acceptors (Lipinski definition) is 6. The smallest absolute Gasteiger partial charge is 0.255 e. The summed E-state index contributed by atoms with van der Waals surface area (Å²) < 4.78 is 32.5. The van der Waals surface area contributed by atoms with E-state index in [-0.39, 0.29) is 40.4 Å². The van der Waals surface area contributed by atoms with Crippen LogP contribution in [0.1, 0.15) is 23.2 Å². The molecule has 170 valence electrons. The van der Waals surface area contributed by atoms with Crippen LogP contribution >= 0.6 is 11.6 Å². The first-order valence-corrected chi connectivity index (χ1v) is 12.3. The Labute approximate surface area is 187 Å². The van der Waals surface area contributed by atoms with E-state index in [1.54, 1.807) is 4.90 Å². The van der Waals surface area contributed by atoms with Crippen LogP contribution in [0.5, 0.6) is 0 Å². The topological polar surface area (TPSA) is 99.3 Å². The van der Waals surface area contributed by atoms with Gasteiger partial charge in [0.15, 0.2) is 0 Å². The number of piperazine rings is 1. The van der Waals surface area contributed by atoms with Gasteiger partial charge in [0.05, 0.1) is 35.2 Å². The first-order chi connectivity index (χ1) is 14.8. The Morgan fingerprint density at radius 3 is 2.39 bits per heavy atom. The van der Waals surface area contributed by atoms with Gasteiger partial charge in [-0.3, -0.25) is 14.5 Å². The van der Waals surface area contributed by atoms with E-state index < -0.39 is 10.0 Å². The first kappa shape index (κ1) is 22.5. The third kappa shape index (κ3) is 5.38. The van der Waals surface area contributed by atoms with Crippen molar-refractivity contribution in [2.45, 2.75) is 23.8 Å². The number of sulfonamides is 1. The molecule has 4 rings (SSSR count). The summed E-state index contributed by atoms with van der Waals surface area (Å²) in [6, 6.07) is 4.59. The lowest BCUT2D eigenvalue weighted by atomic mass is 10.1. The predicted molar refractivity (Wildman–Crippen MR) is 115 cm³/mol. The zero-order valence-corrected chi connectivity index (χ0v) is 18.8. The van der Waals surface area contributed by atoms with Crippen molar-refractivity contribution >= 4 is 33.4 Å². The second-order valence-corrected chi connectivity index (χ2v) is 10.4. The highest BCUT2D eigenvalue weighted by Gasteiger charge is 2.30. The monoisotopic (exact) mass is 470 g/mol. The standard InChI is InChI=1S/C20H27ClN4O5S/c21-18-4-3-16(31(28,29)25-9-11-30-12-10-25)13-17(18)20(27)24-7-5-23(6-8-24)14-19(26)22-15-1-2-15/h3-4,13,15H,1-2,5-12,14H2,(H,22,26). The van der Waals surface area contributed by atoms with E-state index in [4.69, 9.17) is 16.3 Å². The summed E-state index contributed by atoms with van der Waals surface area (Å²) in [4.78, 5) is 28.8. The van der Waals surface area contributed by atoms with E-state index in [9.17, 15) is 18.0 Å². The summed E-state index contributed by atoms with van der Waals surface area (Å²) in [5.74, 6) is -0.280. The van der Waals surface area contributed by atoms with E-state index in [2.05, 4.69) is 5.32 Å². The van der Waals surface area contributed by atoms with E-state index in [0.29, 0.717) is 52.0 Å². The maximum atomic E-state index is 13.1. The molecule has 0 aromatic heterocycles. The lowest BCUT2D eigenvalue weighted by Gasteiger charge is -2.34. The number of hydrogen-bond donors (Lipinski definition) is 1. The second kappa shape index (κ2) is 9.41. The second-order valence-electron chi connectivity index (χ2n) is 8.07. The van der Waals surface area contributed by atoms with Gasteiger partial charge < -0.3 is 15.0 Å². The minimum atomic E-state index is -3.72. The molecule has 2 saturated heterocycles. The molecule has 2 aliphatic heterocycles. The molecule has 3 fully saturated rings. The van der Waals surface area contributed by atoms with Crippen molar-refractivity contribution in [3.05, 3.63) is 28.8 Å². The fourth-order valence-electron chi connectivity index (χ4n) is 3.75. The number of morpholine rings is 1. The molecular weight excluding hydrogens is 444 g/mol. The van der Waals surface area contributed by atoms with Gasteiger partial charge in [0.1, 0.15) is 0 Å². The predicted octanol–water partition coefficient (Wildman–Crippen LogP) is 0.397. The van der Waals surface area contributed by atoms with Crippen LogP contribution in [0.2, 0.25) is 5.02 Å². The highest BCUT2D eigenvalue weighted by molar-refractivity contribution is 7.89. The molecule has 0 unspecified atom stereocenters. The number of nitrogens with one attached hydrogen (secondary N) is 1. The summed E-state index contributed by atoms with van der Waals surface area (Å²) in [6.07, 6.45) is 2.10. The molecule has 0 atom stereocenters. The molecule has 9 nitrogen and oxygen atoms in total. The molecule has 1 aromatic carbocycles. The van der Waals surface area contributed by atoms with Gasteiger partial charge in [-0.05, 0) is 31.0 Å². The number of benzene rings is 1. The molecule has 1 aliphatic carbocycles. The minimum absolute atomic E-state index is 0.0198. The molecule has 2 heterocycles. The van der Waals surface area contributed by atoms with Crippen molar-refractivity contribution in [3.63, 3.8) is 0 Å². The van der Waals surface area contributed by atoms with Crippen molar-refractivity contribution in [2.75, 3.05) is 59.0 Å². The molecule has 1 N–H and O–H groups in total. The maximum absolute atomic E-state index is 13.1. The van der Waals surface area contributed by atoms with E-state index in [1.165, 1.54) is 22.5 Å². The van der Waals surface area contributed by atoms with Crippen molar-refractivity contribution in [3.8, 4) is 0 Å². The van der Waals surface area contributed by atoms with E-state index >= 15 is 0 Å². The molecule has 0 radical (unpaired) electrons. The van der Waals surface area contributed by atoms with Crippen LogP contribution < -0.4 is 5.32 Å². The minimum Gasteiger partial charge on any atom is -0.379 e. The van der Waals surface area contributed by atoms with Crippen molar-refractivity contribution < 1.29 is 22.7 Å². The molecular formula is C20H27ClN4O5S. The van der Waals surface area contributed by atoms with Crippen LogP contribution in [-0.4, -0.2) is 99.4 Å². The van der Waals surface area contributed by atoms with Gasteiger partial charge in [-0.15, -0.1) is 0 Å². The van der Waals surface area contributed by atoms with Gasteiger partial charge in [-0.2, -0.15) is 4.31 Å². The van der Waals surface area contributed by atoms with Crippen LogP contribution in [0.4, 0.5) is 0 Å². The van der Waals surface area contributed by atoms with Crippen molar-refractivity contribution in [1.82, 2.24) is 19.4 Å². The molecule has 3 aliphatic rings. The van der Waals surface area contributed by atoms with Crippen molar-refractivity contribution in [2.24, 2.45) is 0 Å². The molecule has 1 saturated carbocycles. The lowest BCUT2D eigenvalue weighted by Crippen LogP contribution is -2.51. The first-order valence-electron chi connectivity index (χ1n) is 10.5. The Hall–Kier alpha value is -1.72. The molecule has 31 heavy (non-hydrogen) atoms. The number of ether oxygens (including phenoxy) is 1. The van der Waals surface area contributed by atoms with Gasteiger partial charge >= 0.3 is 0 Å². The van der Waals surface area contributed by atoms with Gasteiger partial charge in [-0.1, -0.05) is 11.6 Å². The number of carbonyl (C=O) groups is 2. The van der Waals surface area contributed by atoms with E-state index in [1.807, 2.05) is 4.90 Å². The number of halogens is 1. The van der Waals surface area contributed by atoms with E-state index in [0.717, 1.165) is 12.8 Å². The summed E-state index contributed by atoms with van der Waals surface area (Å²) >= 11 is 6.26. The third-order valence-electron chi connectivity index (χ3n) is 5.75. The van der Waals surface area contributed by atoms with Crippen LogP contribution in [-0.2, 0) is 19.6 Å². The van der Waals surface area contributed by atoms with Gasteiger partial charge in [0.2, 0.25) is 15.9 Å². The number of carbonyl (C=O) groups excluding carboxylic acids is 2. The van der Waals surface area contributed by atoms with Crippen LogP contribution in [0, 0.1) is 0 Å². The average Bonchev–Trinajstić information content (AvgIpc) is 3.58. The summed E-state index contributed by atoms with van der Waals surface area (Å²) in [5, 5.41) is 3.19. The van der Waals surface area contributed by atoms with Crippen molar-refractivity contribution in [1.29, 1.82) is 0 Å². The van der Waals surface area contributed by atoms with Crippen LogP contribution in [0.15, 0.2) is 23.1 Å². The van der Waals surface area contributed by atoms with Gasteiger partial charge in [-0.25, -0.2) is 8.42 Å². The normalized spacial score (nSPS) is 21.1. The number of rotatable bonds is 6. The third-order valence-corrected chi connectivity index (χ3v) is 7.97. The number of amides is 2. The SMILES string of the molecule is O=C(CN1CCN(C(=O)c2cc(S(=O)(=O)N3CCOCC3)ccc2Cl)CC1)NC1CC1. The Kier molecular flexibility index (Phi) is 6.83. The fraction of sp³-hybridized carbons (Fsp3) is 0.600. The molecule has 1 aromatic rings. The van der Waals surface area contributed by atoms with Crippen LogP contribution in [0.3, 0.4) is 0 Å². The highest BCUT2D eigenvalue weighted by Crippen LogP contribution is 2.25. The Morgan fingerprint density at radius 1 is 1.06 bits per heavy atom. The molecule has 0 bridgehead atoms. The van der Waals surface area contributed by atoms with Gasteiger partial charge in [0, 0.05) is 45.3 Å². The summed E-state index contributed by atoms with van der Waals surface area (Å²) in [7, 11) is -3.72. The molecule has 11 heteroatoms. The quantitative estimate of drug-likeness (QED) is 0.646.